The topological polar surface area (TPSA) is 16.1 Å². The monoisotopic (exact) mass is 308 g/mol. The standard InChI is InChI=1S/C15H21BrN2/c1-11-9-13(16)14(17-10-11)18-7-5-12(6-8-18)15(2,3)4/h5,9-10H,6-8H2,1-4H3. The fourth-order valence-electron chi connectivity index (χ4n) is 2.30. The number of anilines is 1. The molecular formula is C15H21BrN2. The Labute approximate surface area is 118 Å². The zero-order valence-corrected chi connectivity index (χ0v) is 13.2. The Kier molecular flexibility index (Phi) is 3.81. The molecule has 98 valence electrons. The van der Waals surface area contributed by atoms with Gasteiger partial charge in [-0.3, -0.25) is 0 Å². The van der Waals surface area contributed by atoms with Crippen molar-refractivity contribution in [1.29, 1.82) is 0 Å². The Hall–Kier alpha value is -0.830. The SMILES string of the molecule is Cc1cnc(N2CC=C(C(C)(C)C)CC2)c(Br)c1. The predicted molar refractivity (Wildman–Crippen MR) is 81.0 cm³/mol. The van der Waals surface area contributed by atoms with Gasteiger partial charge < -0.3 is 4.90 Å². The number of aryl methyl sites for hydroxylation is 1. The van der Waals surface area contributed by atoms with Gasteiger partial charge in [0.25, 0.3) is 0 Å². The van der Waals surface area contributed by atoms with Crippen molar-refractivity contribution in [3.05, 3.63) is 33.9 Å². The van der Waals surface area contributed by atoms with Crippen molar-refractivity contribution in [2.24, 2.45) is 5.41 Å². The number of aromatic nitrogens is 1. The van der Waals surface area contributed by atoms with E-state index in [0.717, 1.165) is 29.8 Å². The quantitative estimate of drug-likeness (QED) is 0.718. The molecule has 2 heterocycles. The molecule has 0 radical (unpaired) electrons. The molecule has 3 heteroatoms. The Morgan fingerprint density at radius 1 is 1.33 bits per heavy atom. The summed E-state index contributed by atoms with van der Waals surface area (Å²) in [6.45, 7) is 10.9. The second kappa shape index (κ2) is 5.04. The first-order valence-electron chi connectivity index (χ1n) is 6.44. The molecule has 18 heavy (non-hydrogen) atoms. The van der Waals surface area contributed by atoms with Crippen molar-refractivity contribution in [2.45, 2.75) is 34.1 Å². The minimum absolute atomic E-state index is 0.296. The van der Waals surface area contributed by atoms with Gasteiger partial charge in [-0.1, -0.05) is 32.4 Å². The third kappa shape index (κ3) is 2.94. The van der Waals surface area contributed by atoms with E-state index in [9.17, 15) is 0 Å². The van der Waals surface area contributed by atoms with Gasteiger partial charge in [-0.2, -0.15) is 0 Å². The second-order valence-electron chi connectivity index (χ2n) is 5.99. The molecule has 0 aliphatic carbocycles. The van der Waals surface area contributed by atoms with E-state index in [1.807, 2.05) is 6.20 Å². The lowest BCUT2D eigenvalue weighted by atomic mass is 9.83. The molecule has 1 aromatic rings. The highest BCUT2D eigenvalue weighted by Crippen LogP contribution is 2.33. The molecule has 0 bridgehead atoms. The highest BCUT2D eigenvalue weighted by molar-refractivity contribution is 9.10. The summed E-state index contributed by atoms with van der Waals surface area (Å²) >= 11 is 3.61. The molecule has 0 saturated carbocycles. The second-order valence-corrected chi connectivity index (χ2v) is 6.85. The highest BCUT2D eigenvalue weighted by atomic mass is 79.9. The van der Waals surface area contributed by atoms with Gasteiger partial charge in [0.15, 0.2) is 0 Å². The van der Waals surface area contributed by atoms with Gasteiger partial charge in [0.05, 0.1) is 4.47 Å². The van der Waals surface area contributed by atoms with E-state index in [2.05, 4.69) is 65.7 Å². The molecule has 1 aliphatic rings. The normalized spacial score (nSPS) is 16.7. The van der Waals surface area contributed by atoms with Crippen LogP contribution >= 0.6 is 15.9 Å². The molecule has 0 spiro atoms. The summed E-state index contributed by atoms with van der Waals surface area (Å²) < 4.78 is 1.09. The first-order valence-corrected chi connectivity index (χ1v) is 7.24. The van der Waals surface area contributed by atoms with Crippen LogP contribution in [0.5, 0.6) is 0 Å². The maximum absolute atomic E-state index is 4.54. The Morgan fingerprint density at radius 2 is 2.06 bits per heavy atom. The van der Waals surface area contributed by atoms with Gasteiger partial charge in [-0.15, -0.1) is 0 Å². The fourth-order valence-corrected chi connectivity index (χ4v) is 3.02. The average molecular weight is 309 g/mol. The van der Waals surface area contributed by atoms with Gasteiger partial charge in [-0.25, -0.2) is 4.98 Å². The van der Waals surface area contributed by atoms with E-state index in [-0.39, 0.29) is 0 Å². The molecule has 0 atom stereocenters. The third-order valence-electron chi connectivity index (χ3n) is 3.43. The van der Waals surface area contributed by atoms with Crippen molar-refractivity contribution in [2.75, 3.05) is 18.0 Å². The lowest BCUT2D eigenvalue weighted by Crippen LogP contribution is -2.32. The average Bonchev–Trinajstić information content (AvgIpc) is 2.28. The molecule has 2 nitrogen and oxygen atoms in total. The highest BCUT2D eigenvalue weighted by Gasteiger charge is 2.22. The maximum atomic E-state index is 4.54. The van der Waals surface area contributed by atoms with Crippen LogP contribution in [0.3, 0.4) is 0 Å². The molecule has 0 N–H and O–H groups in total. The summed E-state index contributed by atoms with van der Waals surface area (Å²) in [6, 6.07) is 2.13. The minimum Gasteiger partial charge on any atom is -0.352 e. The van der Waals surface area contributed by atoms with Crippen molar-refractivity contribution in [3.8, 4) is 0 Å². The van der Waals surface area contributed by atoms with Crippen LogP contribution < -0.4 is 4.90 Å². The van der Waals surface area contributed by atoms with Crippen LogP contribution in [0.15, 0.2) is 28.4 Å². The van der Waals surface area contributed by atoms with E-state index in [1.165, 1.54) is 5.56 Å². The van der Waals surface area contributed by atoms with E-state index in [1.54, 1.807) is 5.57 Å². The molecule has 1 aromatic heterocycles. The summed E-state index contributed by atoms with van der Waals surface area (Å²) in [5.74, 6) is 1.06. The van der Waals surface area contributed by atoms with E-state index in [0.29, 0.717) is 5.41 Å². The summed E-state index contributed by atoms with van der Waals surface area (Å²) in [6.07, 6.45) is 5.42. The Bertz CT molecular complexity index is 472. The van der Waals surface area contributed by atoms with Crippen LogP contribution in [0.2, 0.25) is 0 Å². The summed E-state index contributed by atoms with van der Waals surface area (Å²) in [7, 11) is 0. The van der Waals surface area contributed by atoms with Crippen LogP contribution in [0, 0.1) is 12.3 Å². The molecular weight excluding hydrogens is 288 g/mol. The van der Waals surface area contributed by atoms with Crippen molar-refractivity contribution < 1.29 is 0 Å². The van der Waals surface area contributed by atoms with Crippen molar-refractivity contribution in [3.63, 3.8) is 0 Å². The number of halogens is 1. The largest absolute Gasteiger partial charge is 0.352 e. The first-order chi connectivity index (χ1) is 8.38. The molecule has 0 saturated heterocycles. The van der Waals surface area contributed by atoms with Crippen LogP contribution in [0.4, 0.5) is 5.82 Å². The molecule has 2 rings (SSSR count). The first kappa shape index (κ1) is 13.6. The smallest absolute Gasteiger partial charge is 0.143 e. The summed E-state index contributed by atoms with van der Waals surface area (Å²) in [5.41, 5.74) is 3.04. The molecule has 0 amide bonds. The fraction of sp³-hybridized carbons (Fsp3) is 0.533. The van der Waals surface area contributed by atoms with Crippen LogP contribution in [0.1, 0.15) is 32.8 Å². The number of nitrogens with zero attached hydrogens (tertiary/aromatic N) is 2. The van der Waals surface area contributed by atoms with Gasteiger partial charge in [0.1, 0.15) is 5.82 Å². The van der Waals surface area contributed by atoms with E-state index < -0.39 is 0 Å². The number of hydrogen-bond donors (Lipinski definition) is 0. The minimum atomic E-state index is 0.296. The van der Waals surface area contributed by atoms with Gasteiger partial charge in [-0.05, 0) is 46.3 Å². The zero-order chi connectivity index (χ0) is 13.3. The lowest BCUT2D eigenvalue weighted by Gasteiger charge is -2.33. The van der Waals surface area contributed by atoms with Crippen molar-refractivity contribution in [1.82, 2.24) is 4.98 Å². The van der Waals surface area contributed by atoms with Gasteiger partial charge >= 0.3 is 0 Å². The number of rotatable bonds is 1. The van der Waals surface area contributed by atoms with Crippen molar-refractivity contribution >= 4 is 21.7 Å². The molecule has 0 fully saturated rings. The zero-order valence-electron chi connectivity index (χ0n) is 11.6. The summed E-state index contributed by atoms with van der Waals surface area (Å²) in [4.78, 5) is 6.87. The Morgan fingerprint density at radius 3 is 2.56 bits per heavy atom. The van der Waals surface area contributed by atoms with Gasteiger partial charge in [0.2, 0.25) is 0 Å². The number of pyridine rings is 1. The number of hydrogen-bond acceptors (Lipinski definition) is 2. The maximum Gasteiger partial charge on any atom is 0.143 e. The van der Waals surface area contributed by atoms with Gasteiger partial charge in [0, 0.05) is 19.3 Å². The molecule has 0 aromatic carbocycles. The van der Waals surface area contributed by atoms with Crippen LogP contribution in [-0.4, -0.2) is 18.1 Å². The Balaban J connectivity index is 2.17. The van der Waals surface area contributed by atoms with Crippen LogP contribution in [-0.2, 0) is 0 Å². The summed E-state index contributed by atoms with van der Waals surface area (Å²) in [5, 5.41) is 0. The lowest BCUT2D eigenvalue weighted by molar-refractivity contribution is 0.472. The molecule has 0 unspecified atom stereocenters. The van der Waals surface area contributed by atoms with E-state index in [4.69, 9.17) is 0 Å². The molecule has 1 aliphatic heterocycles. The van der Waals surface area contributed by atoms with E-state index >= 15 is 0 Å². The predicted octanol–water partition coefficient (Wildman–Crippen LogP) is 4.34. The third-order valence-corrected chi connectivity index (χ3v) is 4.01. The van der Waals surface area contributed by atoms with Crippen LogP contribution in [0.25, 0.3) is 0 Å².